The summed E-state index contributed by atoms with van der Waals surface area (Å²) >= 11 is 0. The smallest absolute Gasteiger partial charge is 0.141 e. The van der Waals surface area contributed by atoms with Gasteiger partial charge >= 0.3 is 0 Å². The van der Waals surface area contributed by atoms with E-state index in [9.17, 15) is 10.2 Å². The number of rotatable bonds is 5. The second-order valence-corrected chi connectivity index (χ2v) is 5.38. The number of piperazine rings is 1. The fourth-order valence-corrected chi connectivity index (χ4v) is 2.93. The lowest BCUT2D eigenvalue weighted by molar-refractivity contribution is 0.159. The lowest BCUT2D eigenvalue weighted by Gasteiger charge is -2.36. The molecule has 128 valence electrons. The van der Waals surface area contributed by atoms with Crippen LogP contribution in [0.2, 0.25) is 0 Å². The number of nitrogens with zero attached hydrogens (tertiary/aromatic N) is 2. The molecule has 7 heteroatoms. The molecular formula is C15H27Cl2N3O2. The summed E-state index contributed by atoms with van der Waals surface area (Å²) in [4.78, 5) is 6.55. The van der Waals surface area contributed by atoms with E-state index in [2.05, 4.69) is 22.1 Å². The van der Waals surface area contributed by atoms with Gasteiger partial charge in [-0.15, -0.1) is 24.8 Å². The summed E-state index contributed by atoms with van der Waals surface area (Å²) in [5.41, 5.74) is 2.24. The van der Waals surface area contributed by atoms with Crippen LogP contribution < -0.4 is 5.32 Å². The number of aromatic hydroxyl groups is 1. The summed E-state index contributed by atoms with van der Waals surface area (Å²) in [6.07, 6.45) is 3.71. The predicted octanol–water partition coefficient (Wildman–Crippen LogP) is 2.18. The van der Waals surface area contributed by atoms with Gasteiger partial charge in [0.25, 0.3) is 0 Å². The van der Waals surface area contributed by atoms with Crippen molar-refractivity contribution in [1.29, 1.82) is 0 Å². The molecule has 5 nitrogen and oxygen atoms in total. The Balaban J connectivity index is 0.00000220. The van der Waals surface area contributed by atoms with E-state index in [-0.39, 0.29) is 43.2 Å². The number of hydrogen-bond donors (Lipinski definition) is 3. The molecule has 1 aliphatic heterocycles. The average Bonchev–Trinajstić information content (AvgIpc) is 2.49. The van der Waals surface area contributed by atoms with Crippen LogP contribution in [0.1, 0.15) is 42.6 Å². The third-order valence-electron chi connectivity index (χ3n) is 4.02. The van der Waals surface area contributed by atoms with Crippen molar-refractivity contribution in [3.8, 4) is 5.75 Å². The van der Waals surface area contributed by atoms with Gasteiger partial charge in [0.15, 0.2) is 0 Å². The molecule has 3 N–H and O–H groups in total. The second-order valence-electron chi connectivity index (χ2n) is 5.38. The number of halogens is 2. The molecule has 2 rings (SSSR count). The highest BCUT2D eigenvalue weighted by Crippen LogP contribution is 2.36. The van der Waals surface area contributed by atoms with Crippen LogP contribution in [-0.2, 0) is 6.61 Å². The predicted molar refractivity (Wildman–Crippen MR) is 93.1 cm³/mol. The van der Waals surface area contributed by atoms with Crippen molar-refractivity contribution < 1.29 is 10.2 Å². The molecule has 1 aromatic heterocycles. The van der Waals surface area contributed by atoms with Crippen LogP contribution in [0.5, 0.6) is 5.75 Å². The zero-order valence-corrected chi connectivity index (χ0v) is 14.8. The van der Waals surface area contributed by atoms with Crippen molar-refractivity contribution in [2.24, 2.45) is 0 Å². The molecule has 0 spiro atoms. The fraction of sp³-hybridized carbons (Fsp3) is 0.667. The lowest BCUT2D eigenvalue weighted by atomic mass is 9.95. The highest BCUT2D eigenvalue weighted by Gasteiger charge is 2.27. The van der Waals surface area contributed by atoms with Crippen LogP contribution >= 0.6 is 24.8 Å². The average molecular weight is 352 g/mol. The van der Waals surface area contributed by atoms with E-state index in [4.69, 9.17) is 0 Å². The van der Waals surface area contributed by atoms with Crippen molar-refractivity contribution in [3.05, 3.63) is 23.0 Å². The first-order chi connectivity index (χ1) is 9.69. The quantitative estimate of drug-likeness (QED) is 0.758. The largest absolute Gasteiger partial charge is 0.506 e. The highest BCUT2D eigenvalue weighted by molar-refractivity contribution is 5.85. The maximum Gasteiger partial charge on any atom is 0.141 e. The third kappa shape index (κ3) is 4.70. The van der Waals surface area contributed by atoms with Gasteiger partial charge in [-0.25, -0.2) is 0 Å². The summed E-state index contributed by atoms with van der Waals surface area (Å²) < 4.78 is 0. The Bertz CT molecular complexity index is 455. The van der Waals surface area contributed by atoms with Gasteiger partial charge in [0.1, 0.15) is 5.75 Å². The van der Waals surface area contributed by atoms with Gasteiger partial charge in [-0.2, -0.15) is 0 Å². The Labute approximate surface area is 144 Å². The molecule has 1 aliphatic rings. The van der Waals surface area contributed by atoms with Gasteiger partial charge in [0.2, 0.25) is 0 Å². The third-order valence-corrected chi connectivity index (χ3v) is 4.02. The van der Waals surface area contributed by atoms with Crippen molar-refractivity contribution in [2.45, 2.75) is 39.3 Å². The maximum atomic E-state index is 10.4. The molecule has 0 unspecified atom stereocenters. The first-order valence-electron chi connectivity index (χ1n) is 7.42. The molecular weight excluding hydrogens is 325 g/mol. The van der Waals surface area contributed by atoms with Crippen molar-refractivity contribution in [1.82, 2.24) is 15.2 Å². The minimum Gasteiger partial charge on any atom is -0.506 e. The summed E-state index contributed by atoms with van der Waals surface area (Å²) in [6, 6.07) is 0.158. The number of aliphatic hydroxyl groups excluding tert-OH is 1. The van der Waals surface area contributed by atoms with Crippen LogP contribution in [0.25, 0.3) is 0 Å². The Morgan fingerprint density at radius 2 is 1.95 bits per heavy atom. The van der Waals surface area contributed by atoms with E-state index in [0.717, 1.165) is 50.1 Å². The topological polar surface area (TPSA) is 68.6 Å². The molecule has 1 saturated heterocycles. The summed E-state index contributed by atoms with van der Waals surface area (Å²) in [5, 5.41) is 23.3. The molecule has 0 saturated carbocycles. The molecule has 0 bridgehead atoms. The molecule has 0 aliphatic carbocycles. The molecule has 22 heavy (non-hydrogen) atoms. The summed E-state index contributed by atoms with van der Waals surface area (Å²) in [6.45, 7) is 7.76. The second kappa shape index (κ2) is 10.2. The number of aliphatic hydroxyl groups is 1. The van der Waals surface area contributed by atoms with Gasteiger partial charge in [0.05, 0.1) is 12.3 Å². The van der Waals surface area contributed by atoms with Crippen LogP contribution in [0.3, 0.4) is 0 Å². The number of hydrogen-bond acceptors (Lipinski definition) is 5. The van der Waals surface area contributed by atoms with Gasteiger partial charge in [-0.3, -0.25) is 9.88 Å². The summed E-state index contributed by atoms with van der Waals surface area (Å²) in [5.74, 6) is 0.244. The maximum absolute atomic E-state index is 10.4. The molecule has 1 aromatic rings. The Morgan fingerprint density at radius 1 is 1.32 bits per heavy atom. The van der Waals surface area contributed by atoms with Gasteiger partial charge in [0, 0.05) is 49.5 Å². The van der Waals surface area contributed by atoms with E-state index in [1.807, 2.05) is 0 Å². The van der Waals surface area contributed by atoms with E-state index < -0.39 is 0 Å². The van der Waals surface area contributed by atoms with Crippen molar-refractivity contribution in [2.75, 3.05) is 26.2 Å². The minimum atomic E-state index is -0.0809. The zero-order chi connectivity index (χ0) is 14.5. The molecule has 1 fully saturated rings. The van der Waals surface area contributed by atoms with Crippen LogP contribution in [-0.4, -0.2) is 46.3 Å². The van der Waals surface area contributed by atoms with E-state index in [0.29, 0.717) is 5.69 Å². The Kier molecular flexibility index (Phi) is 9.96. The van der Waals surface area contributed by atoms with Crippen molar-refractivity contribution >= 4 is 24.8 Å². The zero-order valence-electron chi connectivity index (χ0n) is 13.2. The monoisotopic (exact) mass is 351 g/mol. The van der Waals surface area contributed by atoms with Crippen LogP contribution in [0.4, 0.5) is 0 Å². The molecule has 1 atom stereocenters. The van der Waals surface area contributed by atoms with E-state index >= 15 is 0 Å². The molecule has 0 amide bonds. The first-order valence-corrected chi connectivity index (χ1v) is 7.42. The molecule has 2 heterocycles. The normalized spacial score (nSPS) is 16.5. The van der Waals surface area contributed by atoms with Gasteiger partial charge in [-0.1, -0.05) is 13.3 Å². The van der Waals surface area contributed by atoms with E-state index in [1.165, 1.54) is 0 Å². The van der Waals surface area contributed by atoms with Crippen LogP contribution in [0, 0.1) is 6.92 Å². The lowest BCUT2D eigenvalue weighted by Crippen LogP contribution is -2.45. The SMILES string of the molecule is CCC[C@@H](c1c(CO)cnc(C)c1O)N1CCNCC1.Cl.Cl. The van der Waals surface area contributed by atoms with Gasteiger partial charge in [-0.05, 0) is 13.3 Å². The number of nitrogens with one attached hydrogen (secondary N) is 1. The van der Waals surface area contributed by atoms with Crippen LogP contribution in [0.15, 0.2) is 6.20 Å². The standard InChI is InChI=1S/C15H25N3O2.2ClH/c1-3-4-13(18-7-5-16-6-8-18)14-12(10-19)9-17-11(2)15(14)20;;/h9,13,16,19-20H,3-8,10H2,1-2H3;2*1H/t13-;;/m0../s1. The first kappa shape index (κ1) is 21.4. The van der Waals surface area contributed by atoms with Crippen molar-refractivity contribution in [3.63, 3.8) is 0 Å². The fourth-order valence-electron chi connectivity index (χ4n) is 2.93. The van der Waals surface area contributed by atoms with Gasteiger partial charge < -0.3 is 15.5 Å². The Morgan fingerprint density at radius 3 is 2.50 bits per heavy atom. The number of aryl methyl sites for hydroxylation is 1. The molecule has 0 aromatic carbocycles. The number of pyridine rings is 1. The summed E-state index contributed by atoms with van der Waals surface area (Å²) in [7, 11) is 0. The Hall–Kier alpha value is -0.590. The minimum absolute atomic E-state index is 0. The van der Waals surface area contributed by atoms with E-state index in [1.54, 1.807) is 13.1 Å². The number of aromatic nitrogens is 1. The molecule has 0 radical (unpaired) electrons. The highest BCUT2D eigenvalue weighted by atomic mass is 35.5.